The molecule has 27 heavy (non-hydrogen) atoms. The number of nitrogens with zero attached hydrogens (tertiary/aromatic N) is 2. The highest BCUT2D eigenvalue weighted by Gasteiger charge is 2.26. The summed E-state index contributed by atoms with van der Waals surface area (Å²) in [4.78, 5) is 18.8. The third-order valence-electron chi connectivity index (χ3n) is 4.31. The van der Waals surface area contributed by atoms with Crippen molar-refractivity contribution in [3.8, 4) is 5.69 Å². The van der Waals surface area contributed by atoms with Crippen LogP contribution in [0, 0.1) is 0 Å². The normalized spacial score (nSPS) is 16.0. The molecule has 0 radical (unpaired) electrons. The van der Waals surface area contributed by atoms with Crippen LogP contribution in [0.15, 0.2) is 81.6 Å². The summed E-state index contributed by atoms with van der Waals surface area (Å²) >= 11 is 3.24. The number of hydrogen-bond donors (Lipinski definition) is 0. The lowest BCUT2D eigenvalue weighted by Gasteiger charge is -2.13. The van der Waals surface area contributed by atoms with Crippen molar-refractivity contribution < 1.29 is 0 Å². The number of fused-ring (bicyclic) bond motifs is 1. The Kier molecular flexibility index (Phi) is 5.50. The number of hydrogen-bond acceptors (Lipinski definition) is 4. The van der Waals surface area contributed by atoms with Crippen molar-refractivity contribution in [2.45, 2.75) is 28.6 Å². The molecule has 1 atom stereocenters. The molecular formula is C22H20N2OS2. The maximum absolute atomic E-state index is 13.2. The fourth-order valence-electron chi connectivity index (χ4n) is 3.07. The highest BCUT2D eigenvalue weighted by atomic mass is 32.2. The molecule has 0 aliphatic carbocycles. The third kappa shape index (κ3) is 4.04. The largest absolute Gasteiger partial charge is 0.272 e. The zero-order valence-corrected chi connectivity index (χ0v) is 16.7. The van der Waals surface area contributed by atoms with Gasteiger partial charge in [-0.15, -0.1) is 11.8 Å². The van der Waals surface area contributed by atoms with E-state index in [2.05, 4.69) is 31.2 Å². The predicted molar refractivity (Wildman–Crippen MR) is 115 cm³/mol. The van der Waals surface area contributed by atoms with E-state index in [1.165, 1.54) is 5.56 Å². The SMILES string of the molecule is C[C@H]1Cc2nc(SC/C=C/c3ccccc3)n(-c3ccccc3)c(=O)c2S1. The van der Waals surface area contributed by atoms with E-state index in [9.17, 15) is 4.79 Å². The Bertz CT molecular complexity index is 1010. The van der Waals surface area contributed by atoms with E-state index in [0.717, 1.165) is 33.6 Å². The molecule has 5 heteroatoms. The molecule has 0 saturated carbocycles. The predicted octanol–water partition coefficient (Wildman–Crippen LogP) is 5.07. The summed E-state index contributed by atoms with van der Waals surface area (Å²) in [5.74, 6) is 0.760. The van der Waals surface area contributed by atoms with E-state index in [4.69, 9.17) is 4.98 Å². The highest BCUT2D eigenvalue weighted by Crippen LogP contribution is 2.34. The minimum atomic E-state index is 0.0510. The third-order valence-corrected chi connectivity index (χ3v) is 6.42. The fraction of sp³-hybridized carbons (Fsp3) is 0.182. The maximum Gasteiger partial charge on any atom is 0.272 e. The van der Waals surface area contributed by atoms with Crippen molar-refractivity contribution >= 4 is 29.6 Å². The van der Waals surface area contributed by atoms with Crippen molar-refractivity contribution in [2.75, 3.05) is 5.75 Å². The molecule has 0 spiro atoms. The summed E-state index contributed by atoms with van der Waals surface area (Å²) in [5.41, 5.74) is 3.03. The standard InChI is InChI=1S/C22H20N2OS2/c1-16-15-19-20(27-16)21(25)24(18-12-6-3-7-13-18)22(23-19)26-14-8-11-17-9-4-2-5-10-17/h2-13,16H,14-15H2,1H3/b11-8+/t16-/m0/s1. The van der Waals surface area contributed by atoms with E-state index < -0.39 is 0 Å². The number of aromatic nitrogens is 2. The molecule has 2 aromatic carbocycles. The van der Waals surface area contributed by atoms with Gasteiger partial charge in [-0.05, 0) is 17.7 Å². The van der Waals surface area contributed by atoms with Gasteiger partial charge in [0, 0.05) is 17.4 Å². The first-order valence-corrected chi connectivity index (χ1v) is 10.8. The summed E-state index contributed by atoms with van der Waals surface area (Å²) in [7, 11) is 0. The van der Waals surface area contributed by atoms with E-state index in [0.29, 0.717) is 5.25 Å². The summed E-state index contributed by atoms with van der Waals surface area (Å²) in [6.45, 7) is 2.15. The molecule has 1 aromatic heterocycles. The van der Waals surface area contributed by atoms with Crippen LogP contribution in [-0.2, 0) is 6.42 Å². The Morgan fingerprint density at radius 3 is 2.59 bits per heavy atom. The summed E-state index contributed by atoms with van der Waals surface area (Å²) in [6.07, 6.45) is 5.08. The average molecular weight is 393 g/mol. The molecule has 0 N–H and O–H groups in total. The summed E-state index contributed by atoms with van der Waals surface area (Å²) < 4.78 is 1.75. The van der Waals surface area contributed by atoms with Crippen molar-refractivity contribution in [3.05, 3.63) is 88.4 Å². The Labute approximate surface area is 167 Å². The van der Waals surface area contributed by atoms with Gasteiger partial charge in [0.15, 0.2) is 5.16 Å². The molecule has 3 nitrogen and oxygen atoms in total. The van der Waals surface area contributed by atoms with Gasteiger partial charge in [-0.3, -0.25) is 9.36 Å². The molecular weight excluding hydrogens is 372 g/mol. The lowest BCUT2D eigenvalue weighted by atomic mass is 10.2. The minimum Gasteiger partial charge on any atom is -0.268 e. The van der Waals surface area contributed by atoms with Gasteiger partial charge in [-0.2, -0.15) is 0 Å². The first-order chi connectivity index (χ1) is 13.2. The lowest BCUT2D eigenvalue weighted by molar-refractivity contribution is 0.731. The van der Waals surface area contributed by atoms with Crippen molar-refractivity contribution in [3.63, 3.8) is 0 Å². The Balaban J connectivity index is 1.65. The number of para-hydroxylation sites is 1. The van der Waals surface area contributed by atoms with Gasteiger partial charge in [0.05, 0.1) is 16.3 Å². The molecule has 1 aliphatic rings. The van der Waals surface area contributed by atoms with Crippen LogP contribution in [0.2, 0.25) is 0 Å². The molecule has 2 heterocycles. The zero-order chi connectivity index (χ0) is 18.6. The van der Waals surface area contributed by atoms with Crippen LogP contribution in [0.4, 0.5) is 0 Å². The molecule has 136 valence electrons. The number of benzene rings is 2. The monoisotopic (exact) mass is 392 g/mol. The first kappa shape index (κ1) is 18.1. The molecule has 0 unspecified atom stereocenters. The lowest BCUT2D eigenvalue weighted by Crippen LogP contribution is -2.23. The fourth-order valence-corrected chi connectivity index (χ4v) is 5.01. The van der Waals surface area contributed by atoms with Gasteiger partial charge in [0.2, 0.25) is 0 Å². The van der Waals surface area contributed by atoms with Crippen LogP contribution in [0.1, 0.15) is 18.2 Å². The second-order valence-corrected chi connectivity index (χ2v) is 8.84. The smallest absolute Gasteiger partial charge is 0.268 e. The van der Waals surface area contributed by atoms with Gasteiger partial charge in [-0.1, -0.05) is 79.4 Å². The van der Waals surface area contributed by atoms with Gasteiger partial charge in [-0.25, -0.2) is 4.98 Å². The van der Waals surface area contributed by atoms with E-state index >= 15 is 0 Å². The highest BCUT2D eigenvalue weighted by molar-refractivity contribution is 8.00. The molecule has 0 fully saturated rings. The Morgan fingerprint density at radius 1 is 1.15 bits per heavy atom. The first-order valence-electron chi connectivity index (χ1n) is 8.95. The summed E-state index contributed by atoms with van der Waals surface area (Å²) in [5, 5.41) is 1.17. The van der Waals surface area contributed by atoms with E-state index in [-0.39, 0.29) is 5.56 Å². The molecule has 3 aromatic rings. The van der Waals surface area contributed by atoms with Gasteiger partial charge in [0.25, 0.3) is 5.56 Å². The molecule has 4 rings (SSSR count). The van der Waals surface area contributed by atoms with Crippen LogP contribution < -0.4 is 5.56 Å². The second-order valence-electron chi connectivity index (χ2n) is 6.40. The van der Waals surface area contributed by atoms with Gasteiger partial charge >= 0.3 is 0 Å². The van der Waals surface area contributed by atoms with Crippen LogP contribution in [0.5, 0.6) is 0 Å². The Morgan fingerprint density at radius 2 is 1.85 bits per heavy atom. The molecule has 0 saturated heterocycles. The quantitative estimate of drug-likeness (QED) is 0.448. The number of rotatable bonds is 5. The second kappa shape index (κ2) is 8.19. The van der Waals surface area contributed by atoms with Crippen LogP contribution in [0.3, 0.4) is 0 Å². The molecule has 1 aliphatic heterocycles. The average Bonchev–Trinajstić information content (AvgIpc) is 3.07. The molecule has 0 bridgehead atoms. The maximum atomic E-state index is 13.2. The topological polar surface area (TPSA) is 34.9 Å². The van der Waals surface area contributed by atoms with Crippen LogP contribution in [-0.4, -0.2) is 20.6 Å². The van der Waals surface area contributed by atoms with E-state index in [1.54, 1.807) is 28.1 Å². The van der Waals surface area contributed by atoms with Crippen molar-refractivity contribution in [1.82, 2.24) is 9.55 Å². The summed E-state index contributed by atoms with van der Waals surface area (Å²) in [6, 6.07) is 20.0. The van der Waals surface area contributed by atoms with Gasteiger partial charge in [0.1, 0.15) is 0 Å². The van der Waals surface area contributed by atoms with E-state index in [1.807, 2.05) is 48.5 Å². The van der Waals surface area contributed by atoms with Crippen molar-refractivity contribution in [1.29, 1.82) is 0 Å². The van der Waals surface area contributed by atoms with Crippen LogP contribution >= 0.6 is 23.5 Å². The van der Waals surface area contributed by atoms with Crippen molar-refractivity contribution in [2.24, 2.45) is 0 Å². The van der Waals surface area contributed by atoms with Crippen LogP contribution in [0.25, 0.3) is 11.8 Å². The zero-order valence-electron chi connectivity index (χ0n) is 15.0. The minimum absolute atomic E-state index is 0.0510. The van der Waals surface area contributed by atoms with Gasteiger partial charge < -0.3 is 0 Å². The molecule has 0 amide bonds. The number of thioether (sulfide) groups is 2. The Hall–Kier alpha value is -2.24.